The van der Waals surface area contributed by atoms with Gasteiger partial charge in [-0.3, -0.25) is 4.79 Å². The van der Waals surface area contributed by atoms with Gasteiger partial charge in [0.1, 0.15) is 5.75 Å². The Morgan fingerprint density at radius 1 is 1.03 bits per heavy atom. The molecule has 0 unspecified atom stereocenters. The van der Waals surface area contributed by atoms with Gasteiger partial charge in [0.25, 0.3) is 5.91 Å². The molecule has 8 nitrogen and oxygen atoms in total. The lowest BCUT2D eigenvalue weighted by Gasteiger charge is -2.14. The average molecular weight is 463 g/mol. The number of nitrogens with one attached hydrogen (secondary N) is 1. The maximum absolute atomic E-state index is 12.3. The van der Waals surface area contributed by atoms with Gasteiger partial charge in [0.15, 0.2) is 18.1 Å². The smallest absolute Gasteiger partial charge is 0.344 e. The summed E-state index contributed by atoms with van der Waals surface area (Å²) in [5.41, 5.74) is 3.48. The number of halogens is 1. The molecule has 32 heavy (non-hydrogen) atoms. The Bertz CT molecular complexity index is 931. The summed E-state index contributed by atoms with van der Waals surface area (Å²) >= 11 is 6.30. The first kappa shape index (κ1) is 25.0. The molecular formula is C23H27ClN2O6. The maximum Gasteiger partial charge on any atom is 0.344 e. The molecule has 2 rings (SSSR count). The second-order valence-corrected chi connectivity index (χ2v) is 6.84. The van der Waals surface area contributed by atoms with Gasteiger partial charge in [-0.2, -0.15) is 5.10 Å². The Labute approximate surface area is 192 Å². The highest BCUT2D eigenvalue weighted by molar-refractivity contribution is 6.32. The normalized spacial score (nSPS) is 10.6. The van der Waals surface area contributed by atoms with Crippen molar-refractivity contribution in [1.29, 1.82) is 0 Å². The van der Waals surface area contributed by atoms with Gasteiger partial charge >= 0.3 is 5.97 Å². The molecule has 0 aliphatic carbocycles. The van der Waals surface area contributed by atoms with Gasteiger partial charge in [-0.25, -0.2) is 10.2 Å². The number of hydrazone groups is 1. The molecule has 0 spiro atoms. The molecule has 0 atom stereocenters. The van der Waals surface area contributed by atoms with Crippen molar-refractivity contribution in [2.24, 2.45) is 5.10 Å². The summed E-state index contributed by atoms with van der Waals surface area (Å²) in [7, 11) is 0. The highest BCUT2D eigenvalue weighted by atomic mass is 35.5. The maximum atomic E-state index is 12.3. The van der Waals surface area contributed by atoms with Crippen LogP contribution < -0.4 is 19.6 Å². The number of amides is 1. The molecule has 2 aromatic rings. The minimum Gasteiger partial charge on any atom is -0.494 e. The first-order chi connectivity index (χ1) is 15.5. The third-order valence-electron chi connectivity index (χ3n) is 3.94. The fourth-order valence-corrected chi connectivity index (χ4v) is 2.83. The minimum atomic E-state index is -0.510. The van der Waals surface area contributed by atoms with E-state index in [4.69, 9.17) is 30.5 Å². The van der Waals surface area contributed by atoms with E-state index in [-0.39, 0.29) is 29.9 Å². The van der Waals surface area contributed by atoms with Crippen LogP contribution in [-0.4, -0.2) is 44.5 Å². The molecule has 172 valence electrons. The number of nitrogens with zero attached hydrogens (tertiary/aromatic N) is 1. The van der Waals surface area contributed by atoms with Crippen molar-refractivity contribution in [2.45, 2.75) is 27.2 Å². The van der Waals surface area contributed by atoms with Crippen LogP contribution in [0.15, 0.2) is 41.5 Å². The summed E-state index contributed by atoms with van der Waals surface area (Å²) in [6, 6.07) is 10.0. The molecule has 0 saturated carbocycles. The van der Waals surface area contributed by atoms with Crippen molar-refractivity contribution in [3.05, 3.63) is 52.5 Å². The Kier molecular flexibility index (Phi) is 10.3. The van der Waals surface area contributed by atoms with E-state index in [2.05, 4.69) is 10.5 Å². The number of hydrogen-bond acceptors (Lipinski definition) is 7. The minimum absolute atomic E-state index is 0.230. The van der Waals surface area contributed by atoms with Gasteiger partial charge in [-0.1, -0.05) is 18.5 Å². The van der Waals surface area contributed by atoms with Crippen LogP contribution in [0.3, 0.4) is 0 Å². The average Bonchev–Trinajstić information content (AvgIpc) is 2.78. The summed E-state index contributed by atoms with van der Waals surface area (Å²) < 4.78 is 21.4. The molecule has 0 bridgehead atoms. The largest absolute Gasteiger partial charge is 0.494 e. The van der Waals surface area contributed by atoms with Crippen LogP contribution in [0.1, 0.15) is 43.1 Å². The van der Waals surface area contributed by atoms with Crippen LogP contribution in [0.4, 0.5) is 0 Å². The molecule has 2 aromatic carbocycles. The molecule has 0 aliphatic rings. The molecule has 1 N–H and O–H groups in total. The van der Waals surface area contributed by atoms with E-state index in [0.717, 1.165) is 6.42 Å². The number of esters is 1. The summed E-state index contributed by atoms with van der Waals surface area (Å²) in [4.78, 5) is 23.8. The first-order valence-electron chi connectivity index (χ1n) is 10.3. The van der Waals surface area contributed by atoms with E-state index >= 15 is 0 Å². The van der Waals surface area contributed by atoms with Gasteiger partial charge < -0.3 is 18.9 Å². The molecule has 0 fully saturated rings. The van der Waals surface area contributed by atoms with Gasteiger partial charge in [0.2, 0.25) is 0 Å². The lowest BCUT2D eigenvalue weighted by atomic mass is 10.2. The van der Waals surface area contributed by atoms with E-state index in [1.54, 1.807) is 43.3 Å². The van der Waals surface area contributed by atoms with Crippen LogP contribution in [0.25, 0.3) is 0 Å². The zero-order valence-electron chi connectivity index (χ0n) is 18.4. The van der Waals surface area contributed by atoms with Gasteiger partial charge in [0, 0.05) is 5.56 Å². The monoisotopic (exact) mass is 462 g/mol. The lowest BCUT2D eigenvalue weighted by Crippen LogP contribution is -2.17. The molecule has 0 saturated heterocycles. The summed E-state index contributed by atoms with van der Waals surface area (Å²) in [5, 5.41) is 4.21. The quantitative estimate of drug-likeness (QED) is 0.288. The van der Waals surface area contributed by atoms with Gasteiger partial charge in [-0.05, 0) is 62.2 Å². The third-order valence-corrected chi connectivity index (χ3v) is 4.22. The van der Waals surface area contributed by atoms with Crippen LogP contribution in [0.5, 0.6) is 17.2 Å². The van der Waals surface area contributed by atoms with Gasteiger partial charge in [-0.15, -0.1) is 0 Å². The van der Waals surface area contributed by atoms with E-state index < -0.39 is 5.97 Å². The van der Waals surface area contributed by atoms with E-state index in [9.17, 15) is 9.59 Å². The number of benzene rings is 2. The molecule has 0 aliphatic heterocycles. The topological polar surface area (TPSA) is 95.5 Å². The highest BCUT2D eigenvalue weighted by Gasteiger charge is 2.14. The number of carbonyl (C=O) groups excluding carboxylic acids is 2. The van der Waals surface area contributed by atoms with E-state index in [1.807, 2.05) is 13.8 Å². The van der Waals surface area contributed by atoms with Crippen LogP contribution in [-0.2, 0) is 9.53 Å². The van der Waals surface area contributed by atoms with Gasteiger partial charge in [0.05, 0.1) is 31.1 Å². The zero-order chi connectivity index (χ0) is 23.3. The Balaban J connectivity index is 2.04. The Morgan fingerprint density at radius 2 is 1.78 bits per heavy atom. The summed E-state index contributed by atoms with van der Waals surface area (Å²) in [6.45, 7) is 6.49. The standard InChI is InChI=1S/C23H27ClN2O6/c1-4-11-31-18-9-7-17(8-10-18)23(28)26-25-14-16-12-19(24)22(20(13-16)29-5-2)32-15-21(27)30-6-3/h7-10,12-14H,4-6,11,15H2,1-3H3,(H,26,28)/b25-14+. The second-order valence-electron chi connectivity index (χ2n) is 6.43. The van der Waals surface area contributed by atoms with E-state index in [1.165, 1.54) is 6.21 Å². The molecule has 9 heteroatoms. The molecule has 0 aromatic heterocycles. The predicted molar refractivity (Wildman–Crippen MR) is 122 cm³/mol. The number of ether oxygens (including phenoxy) is 4. The fraction of sp³-hybridized carbons (Fsp3) is 0.348. The van der Waals surface area contributed by atoms with Crippen LogP contribution in [0, 0.1) is 0 Å². The molecule has 0 radical (unpaired) electrons. The van der Waals surface area contributed by atoms with Crippen molar-refractivity contribution in [1.82, 2.24) is 5.43 Å². The molecular weight excluding hydrogens is 436 g/mol. The van der Waals surface area contributed by atoms with Crippen molar-refractivity contribution in [3.63, 3.8) is 0 Å². The number of hydrogen-bond donors (Lipinski definition) is 1. The molecule has 0 heterocycles. The Morgan fingerprint density at radius 3 is 2.44 bits per heavy atom. The second kappa shape index (κ2) is 13.2. The molecule has 1 amide bonds. The Hall–Kier alpha value is -3.26. The zero-order valence-corrected chi connectivity index (χ0v) is 19.1. The van der Waals surface area contributed by atoms with E-state index in [0.29, 0.717) is 35.8 Å². The number of carbonyl (C=O) groups is 2. The first-order valence-corrected chi connectivity index (χ1v) is 10.7. The highest BCUT2D eigenvalue weighted by Crippen LogP contribution is 2.36. The number of rotatable bonds is 12. The van der Waals surface area contributed by atoms with Crippen molar-refractivity contribution < 1.29 is 28.5 Å². The SMILES string of the molecule is CCCOc1ccc(C(=O)N/N=C/c2cc(Cl)c(OCC(=O)OCC)c(OCC)c2)cc1. The lowest BCUT2D eigenvalue weighted by molar-refractivity contribution is -0.145. The third kappa shape index (κ3) is 7.77. The summed E-state index contributed by atoms with van der Waals surface area (Å²) in [5.74, 6) is 0.404. The van der Waals surface area contributed by atoms with Crippen molar-refractivity contribution in [3.8, 4) is 17.2 Å². The van der Waals surface area contributed by atoms with Crippen molar-refractivity contribution >= 4 is 29.7 Å². The van der Waals surface area contributed by atoms with Crippen LogP contribution in [0.2, 0.25) is 5.02 Å². The fourth-order valence-electron chi connectivity index (χ4n) is 2.55. The predicted octanol–water partition coefficient (Wildman–Crippen LogP) is 4.23. The van der Waals surface area contributed by atoms with Crippen molar-refractivity contribution in [2.75, 3.05) is 26.4 Å². The summed E-state index contributed by atoms with van der Waals surface area (Å²) in [6.07, 6.45) is 2.34. The van der Waals surface area contributed by atoms with Crippen LogP contribution >= 0.6 is 11.6 Å².